The molecule has 1 fully saturated rings. The molecule has 0 spiro atoms. The lowest BCUT2D eigenvalue weighted by atomic mass is 10.0. The van der Waals surface area contributed by atoms with Crippen molar-refractivity contribution in [3.05, 3.63) is 72.6 Å². The van der Waals surface area contributed by atoms with Crippen molar-refractivity contribution in [1.29, 1.82) is 0 Å². The smallest absolute Gasteiger partial charge is 0.253 e. The second-order valence-electron chi connectivity index (χ2n) is 6.98. The van der Waals surface area contributed by atoms with E-state index in [0.717, 1.165) is 30.5 Å². The van der Waals surface area contributed by atoms with Gasteiger partial charge in [0.15, 0.2) is 0 Å². The summed E-state index contributed by atoms with van der Waals surface area (Å²) in [5, 5.41) is 0. The minimum atomic E-state index is -0.113. The number of piperidine rings is 1. The summed E-state index contributed by atoms with van der Waals surface area (Å²) in [6, 6.07) is 17.9. The first-order valence-electron chi connectivity index (χ1n) is 9.70. The molecule has 4 rings (SSSR count). The molecule has 2 aromatic carbocycles. The SMILES string of the molecule is COc1cncc(OC2CCCN(C(=O)c3ccc(-c4ccccc4)cc3)C2)n1. The van der Waals surface area contributed by atoms with Crippen molar-refractivity contribution in [3.63, 3.8) is 0 Å². The Morgan fingerprint density at radius 3 is 2.48 bits per heavy atom. The van der Waals surface area contributed by atoms with Crippen molar-refractivity contribution in [1.82, 2.24) is 14.9 Å². The Bertz CT molecular complexity index is 961. The molecule has 0 saturated carbocycles. The first kappa shape index (κ1) is 18.9. The van der Waals surface area contributed by atoms with E-state index < -0.39 is 0 Å². The molecule has 1 amide bonds. The van der Waals surface area contributed by atoms with Crippen molar-refractivity contribution in [2.75, 3.05) is 20.2 Å². The number of hydrogen-bond acceptors (Lipinski definition) is 5. The van der Waals surface area contributed by atoms with E-state index in [4.69, 9.17) is 9.47 Å². The third kappa shape index (κ3) is 4.54. The average Bonchev–Trinajstić information content (AvgIpc) is 2.79. The molecule has 6 heteroatoms. The summed E-state index contributed by atoms with van der Waals surface area (Å²) in [5.41, 5.74) is 2.92. The number of aromatic nitrogens is 2. The second-order valence-corrected chi connectivity index (χ2v) is 6.98. The fraction of sp³-hybridized carbons (Fsp3) is 0.261. The zero-order chi connectivity index (χ0) is 20.1. The molecule has 1 unspecified atom stereocenters. The molecular formula is C23H23N3O3. The molecule has 29 heavy (non-hydrogen) atoms. The van der Waals surface area contributed by atoms with Crippen LogP contribution >= 0.6 is 0 Å². The molecule has 6 nitrogen and oxygen atoms in total. The van der Waals surface area contributed by atoms with Gasteiger partial charge >= 0.3 is 0 Å². The van der Waals surface area contributed by atoms with E-state index in [0.29, 0.717) is 23.9 Å². The van der Waals surface area contributed by atoms with Crippen LogP contribution in [0.3, 0.4) is 0 Å². The van der Waals surface area contributed by atoms with Gasteiger partial charge in [-0.25, -0.2) is 0 Å². The van der Waals surface area contributed by atoms with E-state index in [9.17, 15) is 4.79 Å². The van der Waals surface area contributed by atoms with Crippen LogP contribution < -0.4 is 9.47 Å². The highest BCUT2D eigenvalue weighted by molar-refractivity contribution is 5.94. The van der Waals surface area contributed by atoms with Gasteiger partial charge < -0.3 is 14.4 Å². The Balaban J connectivity index is 1.42. The Morgan fingerprint density at radius 2 is 1.72 bits per heavy atom. The molecule has 1 atom stereocenters. The van der Waals surface area contributed by atoms with Crippen LogP contribution in [-0.2, 0) is 0 Å². The molecule has 1 aliphatic heterocycles. The lowest BCUT2D eigenvalue weighted by Crippen LogP contribution is -2.44. The van der Waals surface area contributed by atoms with Crippen LogP contribution in [0.25, 0.3) is 11.1 Å². The standard InChI is InChI=1S/C23H23N3O3/c1-28-21-14-24-15-22(25-21)29-20-8-5-13-26(16-20)23(27)19-11-9-18(10-12-19)17-6-3-2-4-7-17/h2-4,6-7,9-12,14-15,20H,5,8,13,16H2,1H3. The van der Waals surface area contributed by atoms with E-state index in [1.54, 1.807) is 6.20 Å². The monoisotopic (exact) mass is 389 g/mol. The number of carbonyl (C=O) groups is 1. The highest BCUT2D eigenvalue weighted by Crippen LogP contribution is 2.22. The number of rotatable bonds is 5. The fourth-order valence-corrected chi connectivity index (χ4v) is 3.49. The molecule has 2 heterocycles. The molecule has 3 aromatic rings. The van der Waals surface area contributed by atoms with E-state index in [-0.39, 0.29) is 12.0 Å². The Hall–Kier alpha value is -3.41. The van der Waals surface area contributed by atoms with E-state index in [2.05, 4.69) is 22.1 Å². The second kappa shape index (κ2) is 8.73. The third-order valence-corrected chi connectivity index (χ3v) is 4.99. The normalized spacial score (nSPS) is 16.3. The van der Waals surface area contributed by atoms with Gasteiger partial charge in [-0.05, 0) is 36.1 Å². The lowest BCUT2D eigenvalue weighted by molar-refractivity contribution is 0.0525. The quantitative estimate of drug-likeness (QED) is 0.663. The first-order valence-corrected chi connectivity index (χ1v) is 9.70. The van der Waals surface area contributed by atoms with E-state index in [1.807, 2.05) is 47.4 Å². The van der Waals surface area contributed by atoms with Gasteiger partial charge in [0.25, 0.3) is 5.91 Å². The largest absolute Gasteiger partial charge is 0.480 e. The average molecular weight is 389 g/mol. The van der Waals surface area contributed by atoms with Gasteiger partial charge in [0.1, 0.15) is 6.10 Å². The summed E-state index contributed by atoms with van der Waals surface area (Å²) in [4.78, 5) is 23.1. The zero-order valence-corrected chi connectivity index (χ0v) is 16.3. The van der Waals surface area contributed by atoms with Crippen molar-refractivity contribution < 1.29 is 14.3 Å². The van der Waals surface area contributed by atoms with E-state index in [1.165, 1.54) is 13.3 Å². The summed E-state index contributed by atoms with van der Waals surface area (Å²) in [7, 11) is 1.54. The summed E-state index contributed by atoms with van der Waals surface area (Å²) < 4.78 is 11.0. The number of ether oxygens (including phenoxy) is 2. The highest BCUT2D eigenvalue weighted by Gasteiger charge is 2.26. The van der Waals surface area contributed by atoms with Crippen LogP contribution in [-0.4, -0.2) is 47.1 Å². The van der Waals surface area contributed by atoms with Crippen LogP contribution in [0.1, 0.15) is 23.2 Å². The maximum Gasteiger partial charge on any atom is 0.253 e. The fourth-order valence-electron chi connectivity index (χ4n) is 3.49. The van der Waals surface area contributed by atoms with Gasteiger partial charge in [-0.3, -0.25) is 9.78 Å². The van der Waals surface area contributed by atoms with Crippen LogP contribution in [0.2, 0.25) is 0 Å². The maximum absolute atomic E-state index is 13.0. The number of nitrogens with zero attached hydrogens (tertiary/aromatic N) is 3. The summed E-state index contributed by atoms with van der Waals surface area (Å²) in [6.45, 7) is 1.25. The minimum Gasteiger partial charge on any atom is -0.480 e. The topological polar surface area (TPSA) is 64.6 Å². The maximum atomic E-state index is 13.0. The number of methoxy groups -OCH3 is 1. The molecule has 0 bridgehead atoms. The number of amides is 1. The van der Waals surface area contributed by atoms with Gasteiger partial charge in [-0.2, -0.15) is 4.98 Å². The number of carbonyl (C=O) groups excluding carboxylic acids is 1. The predicted molar refractivity (Wildman–Crippen MR) is 110 cm³/mol. The summed E-state index contributed by atoms with van der Waals surface area (Å²) in [5.74, 6) is 0.843. The van der Waals surface area contributed by atoms with E-state index >= 15 is 0 Å². The summed E-state index contributed by atoms with van der Waals surface area (Å²) >= 11 is 0. The number of benzene rings is 2. The Kier molecular flexibility index (Phi) is 5.70. The van der Waals surface area contributed by atoms with Gasteiger partial charge in [0.05, 0.1) is 26.0 Å². The van der Waals surface area contributed by atoms with Crippen LogP contribution in [0.5, 0.6) is 11.8 Å². The van der Waals surface area contributed by atoms with Gasteiger partial charge in [0.2, 0.25) is 11.8 Å². The molecule has 1 saturated heterocycles. The first-order chi connectivity index (χ1) is 14.2. The van der Waals surface area contributed by atoms with Crippen molar-refractivity contribution in [2.24, 2.45) is 0 Å². The van der Waals surface area contributed by atoms with Crippen molar-refractivity contribution >= 4 is 5.91 Å². The van der Waals surface area contributed by atoms with Gasteiger partial charge in [0, 0.05) is 12.1 Å². The predicted octanol–water partition coefficient (Wildman–Crippen LogP) is 3.84. The van der Waals surface area contributed by atoms with Gasteiger partial charge in [-0.15, -0.1) is 0 Å². The molecule has 148 valence electrons. The molecular weight excluding hydrogens is 366 g/mol. The highest BCUT2D eigenvalue weighted by atomic mass is 16.5. The molecule has 0 aliphatic carbocycles. The van der Waals surface area contributed by atoms with Crippen molar-refractivity contribution in [3.8, 4) is 22.9 Å². The Morgan fingerprint density at radius 1 is 1.00 bits per heavy atom. The summed E-state index contributed by atoms with van der Waals surface area (Å²) in [6.07, 6.45) is 4.73. The molecule has 1 aliphatic rings. The molecule has 0 N–H and O–H groups in total. The third-order valence-electron chi connectivity index (χ3n) is 4.99. The zero-order valence-electron chi connectivity index (χ0n) is 16.3. The van der Waals surface area contributed by atoms with Gasteiger partial charge in [-0.1, -0.05) is 42.5 Å². The van der Waals surface area contributed by atoms with Crippen LogP contribution in [0, 0.1) is 0 Å². The molecule has 1 aromatic heterocycles. The molecule has 0 radical (unpaired) electrons. The van der Waals surface area contributed by atoms with Crippen molar-refractivity contribution in [2.45, 2.75) is 18.9 Å². The Labute approximate surface area is 170 Å². The lowest BCUT2D eigenvalue weighted by Gasteiger charge is -2.32. The van der Waals surface area contributed by atoms with Crippen LogP contribution in [0.15, 0.2) is 67.0 Å². The minimum absolute atomic E-state index is 0.0228. The number of likely N-dealkylation sites (tertiary alicyclic amines) is 1. The number of hydrogen-bond donors (Lipinski definition) is 0. The van der Waals surface area contributed by atoms with Crippen LogP contribution in [0.4, 0.5) is 0 Å².